The Morgan fingerprint density at radius 3 is 3.05 bits per heavy atom. The normalized spacial score (nSPS) is 20.4. The number of carbonyl (C=O) groups is 1. The van der Waals surface area contributed by atoms with E-state index in [1.54, 1.807) is 12.1 Å². The van der Waals surface area contributed by atoms with Crippen molar-refractivity contribution in [1.82, 2.24) is 4.90 Å². The molecular formula is C13H15ClFNO3. The predicted molar refractivity (Wildman–Crippen MR) is 68.7 cm³/mol. The summed E-state index contributed by atoms with van der Waals surface area (Å²) in [5.74, 6) is -1.26. The van der Waals surface area contributed by atoms with E-state index in [2.05, 4.69) is 0 Å². The molecule has 0 spiro atoms. The number of halogens is 2. The van der Waals surface area contributed by atoms with E-state index < -0.39 is 5.97 Å². The highest BCUT2D eigenvalue weighted by molar-refractivity contribution is 6.31. The molecule has 0 bridgehead atoms. The molecule has 2 rings (SSSR count). The molecule has 104 valence electrons. The van der Waals surface area contributed by atoms with Gasteiger partial charge in [0.2, 0.25) is 0 Å². The number of rotatable bonds is 4. The van der Waals surface area contributed by atoms with Crippen molar-refractivity contribution in [2.45, 2.75) is 19.0 Å². The van der Waals surface area contributed by atoms with Gasteiger partial charge in [-0.15, -0.1) is 0 Å². The maximum Gasteiger partial charge on any atom is 0.305 e. The van der Waals surface area contributed by atoms with Crippen LogP contribution in [0.5, 0.6) is 0 Å². The molecule has 1 aromatic rings. The van der Waals surface area contributed by atoms with Crippen LogP contribution in [-0.4, -0.2) is 41.8 Å². The lowest BCUT2D eigenvalue weighted by Crippen LogP contribution is -2.46. The van der Waals surface area contributed by atoms with Crippen molar-refractivity contribution in [3.05, 3.63) is 34.6 Å². The quantitative estimate of drug-likeness (QED) is 0.922. The van der Waals surface area contributed by atoms with Crippen LogP contribution in [0.4, 0.5) is 4.39 Å². The molecule has 4 nitrogen and oxygen atoms in total. The van der Waals surface area contributed by atoms with Gasteiger partial charge in [0.05, 0.1) is 19.6 Å². The summed E-state index contributed by atoms with van der Waals surface area (Å²) in [5, 5.41) is 9.24. The second-order valence-corrected chi connectivity index (χ2v) is 4.90. The molecule has 0 saturated carbocycles. The van der Waals surface area contributed by atoms with Gasteiger partial charge in [-0.3, -0.25) is 9.69 Å². The van der Waals surface area contributed by atoms with Crippen LogP contribution in [0, 0.1) is 5.82 Å². The maximum absolute atomic E-state index is 13.7. The van der Waals surface area contributed by atoms with Gasteiger partial charge in [-0.05, 0) is 12.1 Å². The third-order valence-corrected chi connectivity index (χ3v) is 3.54. The summed E-state index contributed by atoms with van der Waals surface area (Å²) in [6.07, 6.45) is -0.0218. The van der Waals surface area contributed by atoms with Gasteiger partial charge in [-0.1, -0.05) is 17.7 Å². The van der Waals surface area contributed by atoms with Gasteiger partial charge in [0.25, 0.3) is 0 Å². The first-order valence-electron chi connectivity index (χ1n) is 6.04. The molecule has 19 heavy (non-hydrogen) atoms. The maximum atomic E-state index is 13.7. The minimum absolute atomic E-state index is 0.0218. The van der Waals surface area contributed by atoms with Crippen molar-refractivity contribution in [2.24, 2.45) is 0 Å². The average molecular weight is 288 g/mol. The van der Waals surface area contributed by atoms with Gasteiger partial charge >= 0.3 is 5.97 Å². The first-order valence-corrected chi connectivity index (χ1v) is 6.42. The number of carboxylic acids is 1. The predicted octanol–water partition coefficient (Wildman–Crippen LogP) is 2.15. The molecule has 1 saturated heterocycles. The lowest BCUT2D eigenvalue weighted by atomic mass is 10.1. The Labute approximate surface area is 115 Å². The lowest BCUT2D eigenvalue weighted by Gasteiger charge is -2.35. The molecule has 1 heterocycles. The summed E-state index contributed by atoms with van der Waals surface area (Å²) >= 11 is 5.99. The van der Waals surface area contributed by atoms with E-state index in [-0.39, 0.29) is 18.3 Å². The van der Waals surface area contributed by atoms with Gasteiger partial charge in [-0.2, -0.15) is 0 Å². The van der Waals surface area contributed by atoms with Crippen molar-refractivity contribution in [2.75, 3.05) is 19.8 Å². The number of morpholine rings is 1. The largest absolute Gasteiger partial charge is 0.481 e. The topological polar surface area (TPSA) is 49.8 Å². The molecule has 1 fully saturated rings. The first kappa shape index (κ1) is 14.2. The van der Waals surface area contributed by atoms with Gasteiger partial charge in [-0.25, -0.2) is 4.39 Å². The van der Waals surface area contributed by atoms with Crippen LogP contribution < -0.4 is 0 Å². The first-order chi connectivity index (χ1) is 9.08. The minimum Gasteiger partial charge on any atom is -0.481 e. The average Bonchev–Trinajstić information content (AvgIpc) is 2.35. The molecule has 1 aromatic carbocycles. The Morgan fingerprint density at radius 2 is 2.37 bits per heavy atom. The van der Waals surface area contributed by atoms with Crippen LogP contribution in [0.3, 0.4) is 0 Å². The third-order valence-electron chi connectivity index (χ3n) is 3.18. The summed E-state index contributed by atoms with van der Waals surface area (Å²) < 4.78 is 19.0. The third kappa shape index (κ3) is 3.65. The zero-order valence-electron chi connectivity index (χ0n) is 10.3. The zero-order chi connectivity index (χ0) is 13.8. The number of hydrogen-bond donors (Lipinski definition) is 1. The van der Waals surface area contributed by atoms with Crippen molar-refractivity contribution in [3.8, 4) is 0 Å². The number of nitrogens with zero attached hydrogens (tertiary/aromatic N) is 1. The second-order valence-electron chi connectivity index (χ2n) is 4.50. The van der Waals surface area contributed by atoms with Gasteiger partial charge in [0.15, 0.2) is 0 Å². The van der Waals surface area contributed by atoms with Crippen LogP contribution in [0.2, 0.25) is 5.02 Å². The highest BCUT2D eigenvalue weighted by atomic mass is 35.5. The molecule has 1 aliphatic rings. The number of carboxylic acid groups (broad SMARTS) is 1. The fraction of sp³-hybridized carbons (Fsp3) is 0.462. The van der Waals surface area contributed by atoms with E-state index in [1.165, 1.54) is 6.07 Å². The number of benzene rings is 1. The Hall–Kier alpha value is -1.17. The highest BCUT2D eigenvalue weighted by Crippen LogP contribution is 2.23. The molecule has 0 unspecified atom stereocenters. The van der Waals surface area contributed by atoms with Crippen molar-refractivity contribution >= 4 is 17.6 Å². The lowest BCUT2D eigenvalue weighted by molar-refractivity contribution is -0.140. The van der Waals surface area contributed by atoms with E-state index in [9.17, 15) is 9.18 Å². The number of aliphatic carboxylic acids is 1. The molecule has 6 heteroatoms. The minimum atomic E-state index is -0.889. The van der Waals surface area contributed by atoms with E-state index >= 15 is 0 Å². The summed E-state index contributed by atoms with van der Waals surface area (Å²) in [7, 11) is 0. The molecular weight excluding hydrogens is 273 g/mol. The van der Waals surface area contributed by atoms with E-state index in [0.717, 1.165) is 0 Å². The smallest absolute Gasteiger partial charge is 0.305 e. The van der Waals surface area contributed by atoms with Gasteiger partial charge in [0, 0.05) is 29.7 Å². The van der Waals surface area contributed by atoms with Crippen molar-refractivity contribution in [1.29, 1.82) is 0 Å². The fourth-order valence-corrected chi connectivity index (χ4v) is 2.40. The van der Waals surface area contributed by atoms with E-state index in [4.69, 9.17) is 21.4 Å². The summed E-state index contributed by atoms with van der Waals surface area (Å²) in [6, 6.07) is 4.29. The Bertz CT molecular complexity index is 449. The summed E-state index contributed by atoms with van der Waals surface area (Å²) in [4.78, 5) is 12.7. The standard InChI is InChI=1S/C13H15ClFNO3/c14-11-2-1-3-12(15)10(11)7-16-4-5-19-8-9(16)6-13(17)18/h1-3,9H,4-8H2,(H,17,18)/t9-/m0/s1. The van der Waals surface area contributed by atoms with Crippen LogP contribution in [0.1, 0.15) is 12.0 Å². The highest BCUT2D eigenvalue weighted by Gasteiger charge is 2.26. The Kier molecular flexibility index (Phi) is 4.74. The van der Waals surface area contributed by atoms with Gasteiger partial charge in [0.1, 0.15) is 5.82 Å². The second kappa shape index (κ2) is 6.32. The number of hydrogen-bond acceptors (Lipinski definition) is 3. The zero-order valence-corrected chi connectivity index (χ0v) is 11.1. The van der Waals surface area contributed by atoms with Crippen LogP contribution in [0.15, 0.2) is 18.2 Å². The molecule has 0 aromatic heterocycles. The van der Waals surface area contributed by atoms with E-state index in [1.807, 2.05) is 4.90 Å². The molecule has 1 N–H and O–H groups in total. The van der Waals surface area contributed by atoms with E-state index in [0.29, 0.717) is 36.9 Å². The molecule has 0 amide bonds. The van der Waals surface area contributed by atoms with Crippen molar-refractivity contribution in [3.63, 3.8) is 0 Å². The number of ether oxygens (including phenoxy) is 1. The molecule has 0 radical (unpaired) electrons. The molecule has 0 aliphatic carbocycles. The Morgan fingerprint density at radius 1 is 1.58 bits per heavy atom. The molecule has 1 aliphatic heterocycles. The fourth-order valence-electron chi connectivity index (χ4n) is 2.17. The van der Waals surface area contributed by atoms with Crippen LogP contribution in [0.25, 0.3) is 0 Å². The Balaban J connectivity index is 2.13. The van der Waals surface area contributed by atoms with Crippen molar-refractivity contribution < 1.29 is 19.0 Å². The summed E-state index contributed by atoms with van der Waals surface area (Å²) in [6.45, 7) is 1.73. The van der Waals surface area contributed by atoms with Crippen LogP contribution in [-0.2, 0) is 16.1 Å². The SMILES string of the molecule is O=C(O)C[C@H]1COCCN1Cc1c(F)cccc1Cl. The monoisotopic (exact) mass is 287 g/mol. The summed E-state index contributed by atoms with van der Waals surface area (Å²) in [5.41, 5.74) is 0.404. The van der Waals surface area contributed by atoms with Gasteiger partial charge < -0.3 is 9.84 Å². The van der Waals surface area contributed by atoms with Crippen LogP contribution >= 0.6 is 11.6 Å². The molecule has 1 atom stereocenters.